The third kappa shape index (κ3) is 6.61. The molecule has 218 valence electrons. The van der Waals surface area contributed by atoms with Crippen LogP contribution in [-0.4, -0.2) is 30.5 Å². The first kappa shape index (κ1) is 30.2. The van der Waals surface area contributed by atoms with E-state index < -0.39 is 65.6 Å². The van der Waals surface area contributed by atoms with Crippen LogP contribution >= 0.6 is 11.6 Å². The maximum atomic E-state index is 14.2. The van der Waals surface area contributed by atoms with Gasteiger partial charge in [-0.05, 0) is 46.7 Å². The molecule has 0 aliphatic carbocycles. The highest BCUT2D eigenvalue weighted by molar-refractivity contribution is 6.30. The van der Waals surface area contributed by atoms with Gasteiger partial charge in [0.25, 0.3) is 11.5 Å². The number of rotatable bonds is 6. The molecule has 3 aromatic rings. The van der Waals surface area contributed by atoms with Crippen LogP contribution in [0.25, 0.3) is 16.8 Å². The lowest BCUT2D eigenvalue weighted by Crippen LogP contribution is -2.42. The number of benzene rings is 3. The molecule has 0 saturated carbocycles. The van der Waals surface area contributed by atoms with Gasteiger partial charge in [-0.15, -0.1) is 0 Å². The number of allylic oxidation sites excluding steroid dienone is 1. The smallest absolute Gasteiger partial charge is 0.374 e. The predicted octanol–water partition coefficient (Wildman–Crippen LogP) is 8.44. The van der Waals surface area contributed by atoms with Gasteiger partial charge in [0.15, 0.2) is 0 Å². The Balaban J connectivity index is 1.62. The molecular weight excluding hydrogens is 591 g/mol. The molecule has 14 heteroatoms. The highest BCUT2D eigenvalue weighted by atomic mass is 35.5. The number of hydrogen-bond donors (Lipinski definition) is 1. The molecule has 3 aromatic carbocycles. The number of carbonyl (C=O) groups is 1. The van der Waals surface area contributed by atoms with Crippen molar-refractivity contribution < 1.29 is 49.1 Å². The van der Waals surface area contributed by atoms with E-state index in [4.69, 9.17) is 16.4 Å². The Morgan fingerprint density at radius 3 is 2.27 bits per heavy atom. The van der Waals surface area contributed by atoms with Gasteiger partial charge < -0.3 is 10.2 Å². The molecule has 0 fully saturated rings. The number of nitrogens with zero attached hydrogens (tertiary/aromatic N) is 1. The van der Waals surface area contributed by atoms with Gasteiger partial charge in [-0.1, -0.05) is 53.2 Å². The number of halogens is 10. The van der Waals surface area contributed by atoms with Gasteiger partial charge in [0.2, 0.25) is 0 Å². The first-order chi connectivity index (χ1) is 19.0. The topological polar surface area (TPSA) is 50.7 Å². The Labute approximate surface area is 231 Å². The van der Waals surface area contributed by atoms with Crippen LogP contribution in [0.5, 0.6) is 0 Å². The maximum Gasteiger partial charge on any atom is 0.435 e. The molecule has 1 N–H and O–H groups in total. The minimum atomic E-state index is -5.17. The van der Waals surface area contributed by atoms with Gasteiger partial charge in [-0.3, -0.25) is 4.79 Å². The van der Waals surface area contributed by atoms with E-state index in [0.29, 0.717) is 28.5 Å². The number of fused-ring (bicyclic) bond motifs is 1. The third-order valence-corrected chi connectivity index (χ3v) is 6.47. The Morgan fingerprint density at radius 2 is 1.63 bits per heavy atom. The molecule has 4 rings (SSSR count). The lowest BCUT2D eigenvalue weighted by Gasteiger charge is -2.30. The van der Waals surface area contributed by atoms with Crippen LogP contribution in [-0.2, 0) is 16.6 Å². The lowest BCUT2D eigenvalue weighted by molar-refractivity contribution is -0.276. The number of nitrogens with one attached hydrogen (secondary N) is 1. The first-order valence-corrected chi connectivity index (χ1v) is 12.1. The second-order valence-electron chi connectivity index (χ2n) is 9.10. The second-order valence-corrected chi connectivity index (χ2v) is 9.54. The van der Waals surface area contributed by atoms with Crippen molar-refractivity contribution in [2.24, 2.45) is 5.16 Å². The molecule has 0 spiro atoms. The second kappa shape index (κ2) is 10.9. The van der Waals surface area contributed by atoms with Crippen LogP contribution in [0.15, 0.2) is 65.8 Å². The summed E-state index contributed by atoms with van der Waals surface area (Å²) in [4.78, 5) is 17.3. The predicted molar refractivity (Wildman–Crippen MR) is 133 cm³/mol. The average molecular weight is 609 g/mol. The standard InChI is InChI=1S/C27H18ClF9N2O2/c28-18-12-16(11-17(13-18)26(32,33)34)24(27(35,36)37)14-19(39-41-24)7-5-15-6-8-22(21-4-2-1-3-20(15)21)23(40)38-10-9-25(29,30)31/h1-8,11-13H,9-10,14H2,(H,38,40)/b7-5+. The molecule has 0 saturated heterocycles. The highest BCUT2D eigenvalue weighted by Gasteiger charge is 2.62. The van der Waals surface area contributed by atoms with Crippen molar-refractivity contribution in [2.45, 2.75) is 37.0 Å². The Hall–Kier alpha value is -3.74. The lowest BCUT2D eigenvalue weighted by atomic mass is 9.87. The Kier molecular flexibility index (Phi) is 8.05. The van der Waals surface area contributed by atoms with Crippen LogP contribution in [0.2, 0.25) is 5.02 Å². The van der Waals surface area contributed by atoms with Crippen molar-refractivity contribution >= 4 is 40.1 Å². The number of carbonyl (C=O) groups excluding carboxylic acids is 1. The van der Waals surface area contributed by atoms with Crippen LogP contribution < -0.4 is 5.32 Å². The summed E-state index contributed by atoms with van der Waals surface area (Å²) in [6, 6.07) is 10.7. The zero-order valence-electron chi connectivity index (χ0n) is 20.5. The van der Waals surface area contributed by atoms with E-state index in [0.717, 1.165) is 6.07 Å². The number of oxime groups is 1. The summed E-state index contributed by atoms with van der Waals surface area (Å²) in [5, 5.41) is 5.93. The summed E-state index contributed by atoms with van der Waals surface area (Å²) in [5.41, 5.74) is -5.22. The molecule has 0 radical (unpaired) electrons. The van der Waals surface area contributed by atoms with Crippen LogP contribution in [0.1, 0.15) is 39.9 Å². The molecule has 0 bridgehead atoms. The fourth-order valence-corrected chi connectivity index (χ4v) is 4.50. The van der Waals surface area contributed by atoms with E-state index in [1.54, 1.807) is 24.3 Å². The average Bonchev–Trinajstić information content (AvgIpc) is 3.31. The Bertz CT molecular complexity index is 1530. The van der Waals surface area contributed by atoms with Gasteiger partial charge >= 0.3 is 18.5 Å². The fraction of sp³-hybridized carbons (Fsp3) is 0.259. The molecular formula is C27H18ClF9N2O2. The monoisotopic (exact) mass is 608 g/mol. The van der Waals surface area contributed by atoms with Gasteiger partial charge in [-0.25, -0.2) is 0 Å². The zero-order chi connectivity index (χ0) is 30.2. The van der Waals surface area contributed by atoms with E-state index >= 15 is 0 Å². The van der Waals surface area contributed by atoms with E-state index in [9.17, 15) is 44.3 Å². The summed E-state index contributed by atoms with van der Waals surface area (Å²) in [5.74, 6) is -0.746. The summed E-state index contributed by atoms with van der Waals surface area (Å²) in [6.07, 6.45) is -14.2. The van der Waals surface area contributed by atoms with Gasteiger partial charge in [0.05, 0.1) is 17.7 Å². The molecule has 1 unspecified atom stereocenters. The summed E-state index contributed by atoms with van der Waals surface area (Å²) in [6.45, 7) is -0.629. The van der Waals surface area contributed by atoms with Crippen molar-refractivity contribution in [3.63, 3.8) is 0 Å². The first-order valence-electron chi connectivity index (χ1n) is 11.7. The summed E-state index contributed by atoms with van der Waals surface area (Å²) >= 11 is 5.71. The molecule has 1 heterocycles. The van der Waals surface area contributed by atoms with E-state index in [2.05, 4.69) is 10.5 Å². The van der Waals surface area contributed by atoms with E-state index in [1.165, 1.54) is 24.3 Å². The van der Waals surface area contributed by atoms with Crippen molar-refractivity contribution in [1.82, 2.24) is 5.32 Å². The number of amides is 1. The molecule has 4 nitrogen and oxygen atoms in total. The van der Waals surface area contributed by atoms with E-state index in [1.807, 2.05) is 0 Å². The van der Waals surface area contributed by atoms with Crippen molar-refractivity contribution in [1.29, 1.82) is 0 Å². The minimum absolute atomic E-state index is 0.0824. The quantitative estimate of drug-likeness (QED) is 0.286. The van der Waals surface area contributed by atoms with Gasteiger partial charge in [-0.2, -0.15) is 39.5 Å². The summed E-state index contributed by atoms with van der Waals surface area (Å²) in [7, 11) is 0. The molecule has 1 aliphatic rings. The van der Waals surface area contributed by atoms with Crippen molar-refractivity contribution in [3.05, 3.63) is 87.9 Å². The molecule has 1 aliphatic heterocycles. The fourth-order valence-electron chi connectivity index (χ4n) is 4.27. The third-order valence-electron chi connectivity index (χ3n) is 6.25. The molecule has 0 aromatic heterocycles. The number of hydrogen-bond acceptors (Lipinski definition) is 3. The zero-order valence-corrected chi connectivity index (χ0v) is 21.3. The summed E-state index contributed by atoms with van der Waals surface area (Å²) < 4.78 is 120. The van der Waals surface area contributed by atoms with Crippen LogP contribution in [0.3, 0.4) is 0 Å². The van der Waals surface area contributed by atoms with E-state index in [-0.39, 0.29) is 11.3 Å². The molecule has 1 atom stereocenters. The van der Waals surface area contributed by atoms with Crippen LogP contribution in [0.4, 0.5) is 39.5 Å². The van der Waals surface area contributed by atoms with Crippen molar-refractivity contribution in [3.8, 4) is 0 Å². The SMILES string of the molecule is O=C(NCCC(F)(F)F)c1ccc(/C=C/C2=NOC(c3cc(Cl)cc(C(F)(F)F)c3)(C(F)(F)F)C2)c2ccccc12. The largest absolute Gasteiger partial charge is 0.435 e. The molecule has 1 amide bonds. The van der Waals surface area contributed by atoms with Crippen molar-refractivity contribution in [2.75, 3.05) is 6.54 Å². The molecule has 41 heavy (non-hydrogen) atoms. The Morgan fingerprint density at radius 1 is 0.951 bits per heavy atom. The maximum absolute atomic E-state index is 14.2. The van der Waals surface area contributed by atoms with Gasteiger partial charge in [0.1, 0.15) is 0 Å². The highest BCUT2D eigenvalue weighted by Crippen LogP contribution is 2.49. The minimum Gasteiger partial charge on any atom is -0.374 e. The van der Waals surface area contributed by atoms with Crippen LogP contribution in [0, 0.1) is 0 Å². The number of alkyl halides is 9. The normalized spacial score (nSPS) is 18.0. The van der Waals surface area contributed by atoms with Gasteiger partial charge in [0, 0.05) is 29.1 Å².